The number of ether oxygens (including phenoxy) is 3. The van der Waals surface area contributed by atoms with E-state index >= 15 is 0 Å². The molecule has 4 atom stereocenters. The molecule has 0 amide bonds. The SMILES string of the molecule is CCC(C)n1ncn(-c2ccc(N3CCN(C4=C[C@H]5CCCCCC/C(=C(/OC[C@@H]6CO[C@@](Cn7cncn7)(c7ccc(Cl)cc7Cl)O6)C=C4)C5)CC3)c(C3CCCCCCC3)c2)c1=O. The van der Waals surface area contributed by atoms with Crippen LogP contribution in [0.2, 0.25) is 10.0 Å². The molecule has 4 fully saturated rings. The summed E-state index contributed by atoms with van der Waals surface area (Å²) in [5, 5.41) is 9.87. The molecule has 2 saturated carbocycles. The zero-order chi connectivity index (χ0) is 44.8. The molecule has 65 heavy (non-hydrogen) atoms. The van der Waals surface area contributed by atoms with E-state index in [-0.39, 0.29) is 24.4 Å². The number of hydrogen-bond donors (Lipinski definition) is 0. The van der Waals surface area contributed by atoms with E-state index in [1.807, 2.05) is 6.07 Å². The summed E-state index contributed by atoms with van der Waals surface area (Å²) in [6, 6.07) is 12.2. The molecule has 2 bridgehead atoms. The quantitative estimate of drug-likeness (QED) is 0.137. The number of hydrogen-bond acceptors (Lipinski definition) is 9. The highest BCUT2D eigenvalue weighted by molar-refractivity contribution is 6.35. The maximum Gasteiger partial charge on any atom is 0.350 e. The van der Waals surface area contributed by atoms with Gasteiger partial charge in [-0.15, -0.1) is 0 Å². The van der Waals surface area contributed by atoms with E-state index in [1.165, 1.54) is 106 Å². The van der Waals surface area contributed by atoms with Gasteiger partial charge < -0.3 is 24.0 Å². The van der Waals surface area contributed by atoms with Gasteiger partial charge in [0.25, 0.3) is 0 Å². The van der Waals surface area contributed by atoms with Gasteiger partial charge in [0.2, 0.25) is 5.79 Å². The number of rotatable bonds is 12. The summed E-state index contributed by atoms with van der Waals surface area (Å²) in [6.45, 7) is 8.82. The van der Waals surface area contributed by atoms with Crippen molar-refractivity contribution in [3.63, 3.8) is 0 Å². The zero-order valence-electron chi connectivity index (χ0n) is 38.3. The van der Waals surface area contributed by atoms with Crippen molar-refractivity contribution < 1.29 is 14.2 Å². The van der Waals surface area contributed by atoms with Crippen LogP contribution < -0.4 is 10.6 Å². The fourth-order valence-corrected chi connectivity index (χ4v) is 11.2. The van der Waals surface area contributed by atoms with Crippen molar-refractivity contribution in [3.05, 3.63) is 122 Å². The van der Waals surface area contributed by atoms with Crippen LogP contribution >= 0.6 is 23.2 Å². The van der Waals surface area contributed by atoms with E-state index in [9.17, 15) is 4.79 Å². The van der Waals surface area contributed by atoms with Crippen molar-refractivity contribution in [1.29, 1.82) is 0 Å². The molecule has 1 unspecified atom stereocenters. The average molecular weight is 926 g/mol. The fraction of sp³-hybridized carbons (Fsp3) is 0.569. The normalized spacial score (nSPS) is 25.4. The number of aromatic nitrogens is 6. The zero-order valence-corrected chi connectivity index (χ0v) is 39.8. The Morgan fingerprint density at radius 1 is 0.877 bits per heavy atom. The smallest absolute Gasteiger partial charge is 0.350 e. The first-order chi connectivity index (χ1) is 31.8. The van der Waals surface area contributed by atoms with Gasteiger partial charge in [0, 0.05) is 48.1 Å². The molecule has 2 aromatic carbocycles. The van der Waals surface area contributed by atoms with Crippen LogP contribution in [0, 0.1) is 5.92 Å². The van der Waals surface area contributed by atoms with Crippen molar-refractivity contribution in [2.75, 3.05) is 44.3 Å². The maximum atomic E-state index is 13.6. The van der Waals surface area contributed by atoms with Gasteiger partial charge >= 0.3 is 5.69 Å². The summed E-state index contributed by atoms with van der Waals surface area (Å²) in [7, 11) is 0. The van der Waals surface area contributed by atoms with E-state index < -0.39 is 5.79 Å². The minimum atomic E-state index is -1.17. The third kappa shape index (κ3) is 10.6. The van der Waals surface area contributed by atoms with Crippen molar-refractivity contribution >= 4 is 28.9 Å². The van der Waals surface area contributed by atoms with Gasteiger partial charge in [-0.2, -0.15) is 10.2 Å². The van der Waals surface area contributed by atoms with Crippen LogP contribution in [0.3, 0.4) is 0 Å². The standard InChI is InChI=1S/C51H66Cl2N8O4/c1-3-37(2)61-50(62)60(36-56-61)43-18-21-48(45(30-43)39-14-10-5-4-6-11-15-39)58-25-23-57(24-26-58)42-19-22-49(40-16-12-8-7-9-13-38(27-40)28-42)63-31-44-32-64-51(65-44,33-59-35-54-34-55-59)46-20-17-41(52)29-47(46)53/h17-22,28-30,34-39,44H,3-16,23-27,31-33H2,1-2H3/b22-19?,42-28?,49-40-/t37?,38-,44+,51+/m0/s1. The van der Waals surface area contributed by atoms with Crippen LogP contribution in [0.5, 0.6) is 0 Å². The Hall–Kier alpha value is -4.36. The van der Waals surface area contributed by atoms with E-state index in [2.05, 4.69) is 75.3 Å². The Balaban J connectivity index is 0.924. The predicted molar refractivity (Wildman–Crippen MR) is 257 cm³/mol. The predicted octanol–water partition coefficient (Wildman–Crippen LogP) is 10.9. The molecule has 9 rings (SSSR count). The van der Waals surface area contributed by atoms with Crippen molar-refractivity contribution in [2.24, 2.45) is 5.92 Å². The minimum Gasteiger partial charge on any atom is -0.491 e. The third-order valence-corrected chi connectivity index (χ3v) is 15.0. The average Bonchev–Trinajstić information content (AvgIpc) is 4.07. The van der Waals surface area contributed by atoms with Crippen molar-refractivity contribution in [3.8, 4) is 5.69 Å². The number of fused-ring (bicyclic) bond motifs is 2. The third-order valence-electron chi connectivity index (χ3n) is 14.5. The van der Waals surface area contributed by atoms with E-state index in [4.69, 9.17) is 37.4 Å². The summed E-state index contributed by atoms with van der Waals surface area (Å²) >= 11 is 13.1. The molecule has 2 saturated heterocycles. The number of halogens is 2. The molecule has 5 aliphatic rings. The second-order valence-electron chi connectivity index (χ2n) is 18.9. The first-order valence-corrected chi connectivity index (χ1v) is 25.2. The lowest BCUT2D eigenvalue weighted by Gasteiger charge is -2.40. The second-order valence-corrected chi connectivity index (χ2v) is 19.7. The lowest BCUT2D eigenvalue weighted by Crippen LogP contribution is -2.46. The van der Waals surface area contributed by atoms with E-state index in [0.29, 0.717) is 40.7 Å². The molecule has 12 nitrogen and oxygen atoms in total. The number of piperazine rings is 1. The number of anilines is 1. The summed E-state index contributed by atoms with van der Waals surface area (Å²) in [5.74, 6) is 0.707. The Morgan fingerprint density at radius 3 is 2.42 bits per heavy atom. The summed E-state index contributed by atoms with van der Waals surface area (Å²) in [5.41, 5.74) is 6.93. The Morgan fingerprint density at radius 2 is 1.65 bits per heavy atom. The van der Waals surface area contributed by atoms with Gasteiger partial charge in [0.15, 0.2) is 0 Å². The molecule has 3 aliphatic carbocycles. The molecular formula is C51H66Cl2N8O4. The summed E-state index contributed by atoms with van der Waals surface area (Å²) in [4.78, 5) is 22.9. The van der Waals surface area contributed by atoms with Crippen molar-refractivity contribution in [2.45, 2.75) is 141 Å². The van der Waals surface area contributed by atoms with E-state index in [0.717, 1.165) is 56.9 Å². The molecule has 0 radical (unpaired) electrons. The minimum absolute atomic E-state index is 0.0579. The van der Waals surface area contributed by atoms with Crippen LogP contribution in [0.1, 0.15) is 133 Å². The van der Waals surface area contributed by atoms with Gasteiger partial charge in [-0.3, -0.25) is 0 Å². The topological polar surface area (TPSA) is 105 Å². The van der Waals surface area contributed by atoms with Crippen molar-refractivity contribution in [1.82, 2.24) is 34.0 Å². The van der Waals surface area contributed by atoms with Gasteiger partial charge in [0.1, 0.15) is 44.0 Å². The molecule has 0 spiro atoms. The highest BCUT2D eigenvalue weighted by Crippen LogP contribution is 2.42. The maximum absolute atomic E-state index is 13.6. The summed E-state index contributed by atoms with van der Waals surface area (Å²) < 4.78 is 25.1. The Kier molecular flexibility index (Phi) is 14.8. The molecule has 4 heterocycles. The second kappa shape index (κ2) is 21.1. The first-order valence-electron chi connectivity index (χ1n) is 24.4. The van der Waals surface area contributed by atoms with Crippen LogP contribution in [-0.2, 0) is 26.5 Å². The number of nitrogens with zero attached hydrogens (tertiary/aromatic N) is 8. The summed E-state index contributed by atoms with van der Waals surface area (Å²) in [6.07, 6.45) is 29.4. The van der Waals surface area contributed by atoms with Crippen LogP contribution in [0.25, 0.3) is 5.69 Å². The Labute approximate surface area is 394 Å². The lowest BCUT2D eigenvalue weighted by molar-refractivity contribution is -0.191. The molecule has 0 N–H and O–H groups in total. The highest BCUT2D eigenvalue weighted by atomic mass is 35.5. The number of benzene rings is 2. The van der Waals surface area contributed by atoms with Crippen LogP contribution in [-0.4, -0.2) is 79.5 Å². The first kappa shape index (κ1) is 45.8. The molecule has 2 aliphatic heterocycles. The van der Waals surface area contributed by atoms with Gasteiger partial charge in [0.05, 0.1) is 23.4 Å². The Bertz CT molecular complexity index is 2380. The van der Waals surface area contributed by atoms with Crippen LogP contribution in [0.4, 0.5) is 5.69 Å². The molecular weight excluding hydrogens is 860 g/mol. The number of allylic oxidation sites excluding steroid dienone is 4. The van der Waals surface area contributed by atoms with Crippen LogP contribution in [0.15, 0.2) is 95.4 Å². The largest absolute Gasteiger partial charge is 0.491 e. The lowest BCUT2D eigenvalue weighted by atomic mass is 9.84. The van der Waals surface area contributed by atoms with Gasteiger partial charge in [-0.1, -0.05) is 93.6 Å². The molecule has 348 valence electrons. The highest BCUT2D eigenvalue weighted by Gasteiger charge is 2.46. The van der Waals surface area contributed by atoms with E-state index in [1.54, 1.807) is 38.7 Å². The fourth-order valence-electron chi connectivity index (χ4n) is 10.6. The van der Waals surface area contributed by atoms with Gasteiger partial charge in [-0.05, 0) is 117 Å². The van der Waals surface area contributed by atoms with Gasteiger partial charge in [-0.25, -0.2) is 23.7 Å². The molecule has 14 heteroatoms. The monoisotopic (exact) mass is 924 g/mol. The molecule has 4 aromatic rings. The molecule has 2 aromatic heterocycles.